The summed E-state index contributed by atoms with van der Waals surface area (Å²) in [5.41, 5.74) is 6.83. The van der Waals surface area contributed by atoms with E-state index in [1.54, 1.807) is 12.1 Å². The van der Waals surface area contributed by atoms with E-state index in [0.29, 0.717) is 41.2 Å². The molecule has 0 unspecified atom stereocenters. The average Bonchev–Trinajstić information content (AvgIpc) is 2.98. The Labute approximate surface area is 139 Å². The lowest BCUT2D eigenvalue weighted by Gasteiger charge is -2.45. The van der Waals surface area contributed by atoms with Gasteiger partial charge in [0.05, 0.1) is 18.6 Å². The maximum Gasteiger partial charge on any atom is 0.224 e. The van der Waals surface area contributed by atoms with E-state index < -0.39 is 0 Å². The highest BCUT2D eigenvalue weighted by molar-refractivity contribution is 6.31. The van der Waals surface area contributed by atoms with Gasteiger partial charge < -0.3 is 25.3 Å². The minimum atomic E-state index is -0.113. The van der Waals surface area contributed by atoms with Crippen molar-refractivity contribution in [1.29, 1.82) is 0 Å². The van der Waals surface area contributed by atoms with Crippen molar-refractivity contribution in [3.8, 4) is 11.5 Å². The summed E-state index contributed by atoms with van der Waals surface area (Å²) in [6.07, 6.45) is 1.21. The van der Waals surface area contributed by atoms with Gasteiger partial charge in [0.25, 0.3) is 0 Å². The molecule has 4 atom stereocenters. The van der Waals surface area contributed by atoms with Crippen LogP contribution in [0.15, 0.2) is 12.1 Å². The van der Waals surface area contributed by atoms with Gasteiger partial charge in [0.15, 0.2) is 11.5 Å². The second kappa shape index (κ2) is 5.85. The van der Waals surface area contributed by atoms with Gasteiger partial charge >= 0.3 is 0 Å². The van der Waals surface area contributed by atoms with Crippen molar-refractivity contribution in [2.45, 2.75) is 31.0 Å². The number of rotatable bonds is 3. The number of halogens is 1. The van der Waals surface area contributed by atoms with Crippen LogP contribution < -0.4 is 20.5 Å². The number of benzene rings is 1. The molecule has 1 aliphatic carbocycles. The van der Waals surface area contributed by atoms with Gasteiger partial charge in [0.2, 0.25) is 5.91 Å². The Hall–Kier alpha value is -1.50. The van der Waals surface area contributed by atoms with Crippen molar-refractivity contribution in [2.75, 3.05) is 19.8 Å². The molecule has 4 rings (SSSR count). The van der Waals surface area contributed by atoms with Gasteiger partial charge in [0, 0.05) is 29.7 Å². The van der Waals surface area contributed by atoms with Gasteiger partial charge in [-0.25, -0.2) is 0 Å². The number of nitrogens with two attached hydrogens (primary N) is 1. The van der Waals surface area contributed by atoms with Crippen LogP contribution in [0.2, 0.25) is 5.02 Å². The summed E-state index contributed by atoms with van der Waals surface area (Å²) in [5, 5.41) is 3.47. The highest BCUT2D eigenvalue weighted by atomic mass is 35.5. The van der Waals surface area contributed by atoms with E-state index in [4.69, 9.17) is 31.5 Å². The molecule has 3 aliphatic rings. The Bertz CT molecular complexity index is 639. The number of nitrogens with one attached hydrogen (secondary N) is 1. The number of ether oxygens (including phenoxy) is 3. The largest absolute Gasteiger partial charge is 0.486 e. The summed E-state index contributed by atoms with van der Waals surface area (Å²) in [6, 6.07) is 3.34. The fraction of sp³-hybridized carbons (Fsp3) is 0.562. The molecule has 0 spiro atoms. The van der Waals surface area contributed by atoms with Gasteiger partial charge in [-0.1, -0.05) is 11.6 Å². The zero-order valence-electron chi connectivity index (χ0n) is 12.6. The van der Waals surface area contributed by atoms with Crippen molar-refractivity contribution in [1.82, 2.24) is 5.32 Å². The van der Waals surface area contributed by atoms with E-state index in [1.807, 2.05) is 0 Å². The van der Waals surface area contributed by atoms with E-state index >= 15 is 0 Å². The van der Waals surface area contributed by atoms with Crippen LogP contribution in [0.4, 0.5) is 0 Å². The molecule has 7 heteroatoms. The highest BCUT2D eigenvalue weighted by Crippen LogP contribution is 2.38. The second-order valence-electron chi connectivity index (χ2n) is 6.22. The Morgan fingerprint density at radius 1 is 1.26 bits per heavy atom. The molecule has 2 heterocycles. The molecule has 1 saturated heterocycles. The molecule has 0 bridgehead atoms. The Kier molecular flexibility index (Phi) is 3.83. The van der Waals surface area contributed by atoms with E-state index in [9.17, 15) is 4.79 Å². The first-order chi connectivity index (χ1) is 11.1. The topological polar surface area (TPSA) is 82.8 Å². The van der Waals surface area contributed by atoms with Gasteiger partial charge in [-0.05, 0) is 18.1 Å². The second-order valence-corrected chi connectivity index (χ2v) is 6.63. The van der Waals surface area contributed by atoms with Crippen molar-refractivity contribution in [3.63, 3.8) is 0 Å². The van der Waals surface area contributed by atoms with Crippen LogP contribution in [0.25, 0.3) is 0 Å². The van der Waals surface area contributed by atoms with Crippen LogP contribution in [0.1, 0.15) is 12.0 Å². The first-order valence-electron chi connectivity index (χ1n) is 7.88. The fourth-order valence-electron chi connectivity index (χ4n) is 3.58. The molecule has 1 aromatic rings. The minimum Gasteiger partial charge on any atom is -0.486 e. The summed E-state index contributed by atoms with van der Waals surface area (Å²) >= 11 is 6.24. The third kappa shape index (κ3) is 2.65. The van der Waals surface area contributed by atoms with Crippen LogP contribution in [-0.4, -0.2) is 43.9 Å². The smallest absolute Gasteiger partial charge is 0.224 e. The molecule has 1 amide bonds. The van der Waals surface area contributed by atoms with Gasteiger partial charge in [-0.2, -0.15) is 0 Å². The van der Waals surface area contributed by atoms with Crippen molar-refractivity contribution in [3.05, 3.63) is 22.7 Å². The number of carbonyl (C=O) groups is 1. The molecule has 1 saturated carbocycles. The molecular formula is C16H19ClN2O4. The third-order valence-corrected chi connectivity index (χ3v) is 5.19. The highest BCUT2D eigenvalue weighted by Gasteiger charge is 2.52. The quantitative estimate of drug-likeness (QED) is 0.855. The molecule has 124 valence electrons. The predicted molar refractivity (Wildman–Crippen MR) is 83.9 cm³/mol. The van der Waals surface area contributed by atoms with Gasteiger partial charge in [-0.15, -0.1) is 0 Å². The summed E-state index contributed by atoms with van der Waals surface area (Å²) in [5.74, 6) is 1.51. The van der Waals surface area contributed by atoms with Gasteiger partial charge in [-0.3, -0.25) is 4.79 Å². The van der Waals surface area contributed by atoms with Crippen LogP contribution in [0.5, 0.6) is 11.5 Å². The lowest BCUT2D eigenvalue weighted by Crippen LogP contribution is -2.69. The minimum absolute atomic E-state index is 0.0258. The lowest BCUT2D eigenvalue weighted by molar-refractivity contribution is -0.125. The van der Waals surface area contributed by atoms with Crippen LogP contribution in [-0.2, 0) is 16.0 Å². The number of hydrogen-bond donors (Lipinski definition) is 2. The number of carbonyl (C=O) groups excluding carboxylic acids is 1. The average molecular weight is 339 g/mol. The maximum atomic E-state index is 12.3. The number of amides is 1. The van der Waals surface area contributed by atoms with Crippen LogP contribution in [0.3, 0.4) is 0 Å². The summed E-state index contributed by atoms with van der Waals surface area (Å²) in [4.78, 5) is 12.3. The van der Waals surface area contributed by atoms with Crippen LogP contribution in [0, 0.1) is 5.92 Å². The maximum absolute atomic E-state index is 12.3. The molecule has 1 aromatic carbocycles. The zero-order chi connectivity index (χ0) is 16.0. The standard InChI is InChI=1S/C16H19ClN2O4/c17-10-7-12-11(21-3-4-22-12)5-8(10)6-13(20)19-15-14(18)9-1-2-23-16(9)15/h5,7,9,14-16H,1-4,6,18H2,(H,19,20)/t9-,14+,15-,16-/m1/s1. The first kappa shape index (κ1) is 15.1. The van der Waals surface area contributed by atoms with Crippen LogP contribution >= 0.6 is 11.6 Å². The normalized spacial score (nSPS) is 31.2. The monoisotopic (exact) mass is 338 g/mol. The molecule has 6 nitrogen and oxygen atoms in total. The molecular weight excluding hydrogens is 320 g/mol. The fourth-order valence-corrected chi connectivity index (χ4v) is 3.80. The summed E-state index contributed by atoms with van der Waals surface area (Å²) in [6.45, 7) is 1.73. The molecule has 23 heavy (non-hydrogen) atoms. The Balaban J connectivity index is 1.43. The van der Waals surface area contributed by atoms with Crippen molar-refractivity contribution < 1.29 is 19.0 Å². The number of fused-ring (bicyclic) bond motifs is 2. The molecule has 2 fully saturated rings. The molecule has 2 aliphatic heterocycles. The lowest BCUT2D eigenvalue weighted by atomic mass is 9.72. The summed E-state index contributed by atoms with van der Waals surface area (Å²) in [7, 11) is 0. The SMILES string of the molecule is N[C@H]1[C@H]2CCO[C@H]2[C@@H]1NC(=O)Cc1cc2c(cc1Cl)OCCO2. The predicted octanol–water partition coefficient (Wildman–Crippen LogP) is 0.884. The molecule has 0 radical (unpaired) electrons. The van der Waals surface area contributed by atoms with Crippen molar-refractivity contribution in [2.24, 2.45) is 11.7 Å². The van der Waals surface area contributed by atoms with Crippen molar-refractivity contribution >= 4 is 17.5 Å². The molecule has 0 aromatic heterocycles. The third-order valence-electron chi connectivity index (χ3n) is 4.84. The Morgan fingerprint density at radius 2 is 2.00 bits per heavy atom. The Morgan fingerprint density at radius 3 is 2.78 bits per heavy atom. The van der Waals surface area contributed by atoms with Gasteiger partial charge in [0.1, 0.15) is 13.2 Å². The number of hydrogen-bond acceptors (Lipinski definition) is 5. The molecule has 3 N–H and O–H groups in total. The summed E-state index contributed by atoms with van der Waals surface area (Å²) < 4.78 is 16.6. The first-order valence-corrected chi connectivity index (χ1v) is 8.26. The van der Waals surface area contributed by atoms with E-state index in [2.05, 4.69) is 5.32 Å². The van der Waals surface area contributed by atoms with E-state index in [0.717, 1.165) is 13.0 Å². The van der Waals surface area contributed by atoms with E-state index in [1.165, 1.54) is 0 Å². The van der Waals surface area contributed by atoms with E-state index in [-0.39, 0.29) is 30.5 Å². The zero-order valence-corrected chi connectivity index (χ0v) is 13.3.